The summed E-state index contributed by atoms with van der Waals surface area (Å²) in [7, 11) is 1.98. The summed E-state index contributed by atoms with van der Waals surface area (Å²) in [5, 5.41) is 9.18. The van der Waals surface area contributed by atoms with E-state index in [9.17, 15) is 0 Å². The lowest BCUT2D eigenvalue weighted by Crippen LogP contribution is -2.41. The van der Waals surface area contributed by atoms with Gasteiger partial charge >= 0.3 is 0 Å². The number of pyridine rings is 1. The molecule has 4 aromatic heterocycles. The lowest BCUT2D eigenvalue weighted by molar-refractivity contribution is 0.231. The number of aryl methyl sites for hydroxylation is 3. The van der Waals surface area contributed by atoms with Crippen LogP contribution in [0.15, 0.2) is 36.7 Å². The van der Waals surface area contributed by atoms with Crippen LogP contribution in [-0.2, 0) is 19.9 Å². The van der Waals surface area contributed by atoms with Crippen LogP contribution in [0, 0.1) is 19.3 Å². The smallest absolute Gasteiger partial charge is 0.155 e. The number of rotatable bonds is 2. The van der Waals surface area contributed by atoms with E-state index in [1.165, 1.54) is 24.1 Å². The number of aromatic nitrogens is 6. The van der Waals surface area contributed by atoms with Gasteiger partial charge in [0.2, 0.25) is 0 Å². The highest BCUT2D eigenvalue weighted by Gasteiger charge is 2.41. The molecule has 0 bridgehead atoms. The maximum Gasteiger partial charge on any atom is 0.155 e. The third-order valence-corrected chi connectivity index (χ3v) is 7.16. The molecule has 0 unspecified atom stereocenters. The Kier molecular flexibility index (Phi) is 3.97. The lowest BCUT2D eigenvalue weighted by atomic mass is 9.76. The predicted octanol–water partition coefficient (Wildman–Crippen LogP) is 3.53. The molecule has 158 valence electrons. The van der Waals surface area contributed by atoms with E-state index in [4.69, 9.17) is 4.98 Å². The van der Waals surface area contributed by atoms with Crippen LogP contribution >= 0.6 is 0 Å². The van der Waals surface area contributed by atoms with Crippen molar-refractivity contribution < 1.29 is 0 Å². The van der Waals surface area contributed by atoms with Crippen molar-refractivity contribution in [2.45, 2.75) is 39.5 Å². The zero-order chi connectivity index (χ0) is 21.2. The molecule has 1 saturated heterocycles. The Morgan fingerprint density at radius 2 is 1.87 bits per heavy atom. The zero-order valence-corrected chi connectivity index (χ0v) is 18.3. The quantitative estimate of drug-likeness (QED) is 0.503. The molecule has 5 heterocycles. The van der Waals surface area contributed by atoms with Crippen LogP contribution in [0.4, 0.5) is 5.82 Å². The fourth-order valence-electron chi connectivity index (χ4n) is 5.59. The van der Waals surface area contributed by atoms with Crippen LogP contribution in [0.2, 0.25) is 0 Å². The number of hydrogen-bond acceptors (Lipinski definition) is 5. The van der Waals surface area contributed by atoms with Crippen molar-refractivity contribution in [1.82, 2.24) is 29.4 Å². The number of nitrogens with zero attached hydrogens (tertiary/aromatic N) is 7. The lowest BCUT2D eigenvalue weighted by Gasteiger charge is -2.40. The second kappa shape index (κ2) is 6.64. The van der Waals surface area contributed by atoms with E-state index in [2.05, 4.69) is 51.3 Å². The first-order valence-electron chi connectivity index (χ1n) is 11.1. The van der Waals surface area contributed by atoms with Gasteiger partial charge in [-0.15, -0.1) is 0 Å². The van der Waals surface area contributed by atoms with Crippen molar-refractivity contribution in [2.24, 2.45) is 12.5 Å². The van der Waals surface area contributed by atoms with E-state index in [-0.39, 0.29) is 0 Å². The number of fused-ring (bicyclic) bond motifs is 2. The van der Waals surface area contributed by atoms with Crippen LogP contribution < -0.4 is 4.90 Å². The van der Waals surface area contributed by atoms with Crippen LogP contribution in [-0.4, -0.2) is 42.5 Å². The van der Waals surface area contributed by atoms with Crippen molar-refractivity contribution in [2.75, 3.05) is 18.0 Å². The van der Waals surface area contributed by atoms with Crippen molar-refractivity contribution in [3.63, 3.8) is 0 Å². The standard InChI is InChI=1S/C24H27N7/c1-16-13-21(29(3)28-16)22-17(2)27-23(20-6-10-26-31(20)22)30-11-7-24(8-12-30)14-18-5-4-9-25-19(18)15-24/h4-6,9-10,13H,7-8,11-12,14-15H2,1-3H3. The second-order valence-corrected chi connectivity index (χ2v) is 9.24. The van der Waals surface area contributed by atoms with Gasteiger partial charge in [0.05, 0.1) is 23.3 Å². The molecule has 0 atom stereocenters. The fraction of sp³-hybridized carbons (Fsp3) is 0.417. The molecule has 1 aliphatic carbocycles. The Morgan fingerprint density at radius 3 is 2.61 bits per heavy atom. The van der Waals surface area contributed by atoms with Gasteiger partial charge in [-0.2, -0.15) is 10.2 Å². The van der Waals surface area contributed by atoms with Crippen LogP contribution in [0.3, 0.4) is 0 Å². The molecule has 0 radical (unpaired) electrons. The molecule has 4 aromatic rings. The molecule has 0 amide bonds. The molecule has 7 heteroatoms. The summed E-state index contributed by atoms with van der Waals surface area (Å²) in [5.41, 5.74) is 8.20. The monoisotopic (exact) mass is 413 g/mol. The van der Waals surface area contributed by atoms with Gasteiger partial charge in [-0.25, -0.2) is 9.50 Å². The minimum Gasteiger partial charge on any atom is -0.355 e. The largest absolute Gasteiger partial charge is 0.355 e. The van der Waals surface area contributed by atoms with Gasteiger partial charge in [-0.05, 0) is 68.7 Å². The van der Waals surface area contributed by atoms with Crippen molar-refractivity contribution in [3.8, 4) is 11.4 Å². The molecule has 31 heavy (non-hydrogen) atoms. The first-order valence-corrected chi connectivity index (χ1v) is 11.1. The maximum atomic E-state index is 5.09. The molecule has 1 fully saturated rings. The highest BCUT2D eigenvalue weighted by Crippen LogP contribution is 2.44. The normalized spacial score (nSPS) is 17.6. The number of hydrogen-bond donors (Lipinski definition) is 0. The van der Waals surface area contributed by atoms with Gasteiger partial charge in [0.1, 0.15) is 11.2 Å². The summed E-state index contributed by atoms with van der Waals surface area (Å²) in [6.07, 6.45) is 8.43. The van der Waals surface area contributed by atoms with Gasteiger partial charge in [-0.3, -0.25) is 9.67 Å². The molecule has 0 saturated carbocycles. The summed E-state index contributed by atoms with van der Waals surface area (Å²) in [6.45, 7) is 6.13. The van der Waals surface area contributed by atoms with Crippen molar-refractivity contribution in [3.05, 3.63) is 59.3 Å². The SMILES string of the molecule is Cc1cc(-c2c(C)nc(N3CCC4(CC3)Cc3cccnc3C4)c3ccnn23)n(C)n1. The number of piperidine rings is 1. The minimum absolute atomic E-state index is 0.366. The Morgan fingerprint density at radius 1 is 1.03 bits per heavy atom. The topological polar surface area (TPSA) is 64.1 Å². The van der Waals surface area contributed by atoms with Crippen LogP contribution in [0.5, 0.6) is 0 Å². The third kappa shape index (κ3) is 2.86. The molecule has 7 nitrogen and oxygen atoms in total. The molecular weight excluding hydrogens is 386 g/mol. The fourth-order valence-corrected chi connectivity index (χ4v) is 5.59. The van der Waals surface area contributed by atoms with Crippen LogP contribution in [0.25, 0.3) is 16.9 Å². The second-order valence-electron chi connectivity index (χ2n) is 9.24. The molecule has 6 rings (SSSR count). The molecule has 1 spiro atoms. The first-order chi connectivity index (χ1) is 15.0. The van der Waals surface area contributed by atoms with Crippen molar-refractivity contribution >= 4 is 11.3 Å². The summed E-state index contributed by atoms with van der Waals surface area (Å²) in [6, 6.07) is 8.50. The Balaban J connectivity index is 1.33. The van der Waals surface area contributed by atoms with Gasteiger partial charge in [-0.1, -0.05) is 6.07 Å². The Bertz CT molecular complexity index is 1260. The van der Waals surface area contributed by atoms with Gasteiger partial charge in [0.15, 0.2) is 5.82 Å². The number of anilines is 1. The van der Waals surface area contributed by atoms with E-state index in [0.29, 0.717) is 5.41 Å². The highest BCUT2D eigenvalue weighted by molar-refractivity contribution is 5.74. The summed E-state index contributed by atoms with van der Waals surface area (Å²) >= 11 is 0. The van der Waals surface area contributed by atoms with E-state index in [0.717, 1.165) is 60.0 Å². The Hall–Kier alpha value is -3.22. The predicted molar refractivity (Wildman–Crippen MR) is 120 cm³/mol. The summed E-state index contributed by atoms with van der Waals surface area (Å²) in [5.74, 6) is 1.04. The summed E-state index contributed by atoms with van der Waals surface area (Å²) in [4.78, 5) is 12.2. The van der Waals surface area contributed by atoms with E-state index in [1.807, 2.05) is 35.6 Å². The average Bonchev–Trinajstić information content (AvgIpc) is 3.45. The Labute approximate surface area is 181 Å². The van der Waals surface area contributed by atoms with Gasteiger partial charge in [0, 0.05) is 32.0 Å². The van der Waals surface area contributed by atoms with Gasteiger partial charge in [0.25, 0.3) is 0 Å². The molecule has 2 aliphatic rings. The van der Waals surface area contributed by atoms with E-state index >= 15 is 0 Å². The van der Waals surface area contributed by atoms with Gasteiger partial charge < -0.3 is 4.90 Å². The van der Waals surface area contributed by atoms with E-state index in [1.54, 1.807) is 0 Å². The molecule has 0 aromatic carbocycles. The van der Waals surface area contributed by atoms with Crippen molar-refractivity contribution in [1.29, 1.82) is 0 Å². The zero-order valence-electron chi connectivity index (χ0n) is 18.3. The van der Waals surface area contributed by atoms with E-state index < -0.39 is 0 Å². The highest BCUT2D eigenvalue weighted by atomic mass is 15.3. The molecule has 0 N–H and O–H groups in total. The average molecular weight is 414 g/mol. The third-order valence-electron chi connectivity index (χ3n) is 7.16. The maximum absolute atomic E-state index is 5.09. The summed E-state index contributed by atoms with van der Waals surface area (Å²) < 4.78 is 3.95. The molecular formula is C24H27N7. The van der Waals surface area contributed by atoms with Crippen LogP contribution in [0.1, 0.15) is 35.5 Å². The molecule has 1 aliphatic heterocycles. The minimum atomic E-state index is 0.366. The first kappa shape index (κ1) is 18.5.